The number of rotatable bonds is 4. The summed E-state index contributed by atoms with van der Waals surface area (Å²) >= 11 is 0. The molecule has 2 N–H and O–H groups in total. The van der Waals surface area contributed by atoms with E-state index in [1.165, 1.54) is 10.7 Å². The van der Waals surface area contributed by atoms with Crippen molar-refractivity contribution < 1.29 is 4.79 Å². The average molecular weight is 379 g/mol. The van der Waals surface area contributed by atoms with Crippen LogP contribution in [0.4, 0.5) is 5.69 Å². The number of H-pyrrole nitrogens is 1. The van der Waals surface area contributed by atoms with E-state index >= 15 is 0 Å². The summed E-state index contributed by atoms with van der Waals surface area (Å²) in [6.45, 7) is 2.05. The molecule has 1 aliphatic rings. The second-order valence-corrected chi connectivity index (χ2v) is 7.08. The second-order valence-electron chi connectivity index (χ2n) is 7.08. The van der Waals surface area contributed by atoms with Gasteiger partial charge < -0.3 is 15.2 Å². The van der Waals surface area contributed by atoms with Gasteiger partial charge in [0.1, 0.15) is 5.69 Å². The lowest BCUT2D eigenvalue weighted by molar-refractivity contribution is 0.0943. The lowest BCUT2D eigenvalue weighted by Crippen LogP contribution is -2.32. The van der Waals surface area contributed by atoms with Crippen molar-refractivity contribution in [1.82, 2.24) is 20.1 Å². The fourth-order valence-corrected chi connectivity index (χ4v) is 3.52. The van der Waals surface area contributed by atoms with Crippen molar-refractivity contribution in [2.24, 2.45) is 13.0 Å². The van der Waals surface area contributed by atoms with Crippen molar-refractivity contribution in [2.75, 3.05) is 24.5 Å². The molecule has 3 heterocycles. The van der Waals surface area contributed by atoms with Crippen LogP contribution in [0.1, 0.15) is 16.9 Å². The molecule has 1 amide bonds. The molecule has 3 aromatic rings. The van der Waals surface area contributed by atoms with Crippen molar-refractivity contribution in [3.63, 3.8) is 0 Å². The number of aromatic amines is 1. The summed E-state index contributed by atoms with van der Waals surface area (Å²) in [6, 6.07) is 10.0. The number of hydrogen-bond acceptors (Lipinski definition) is 5. The number of aryl methyl sites for hydroxylation is 1. The number of aromatic nitrogens is 3. The summed E-state index contributed by atoms with van der Waals surface area (Å²) in [5.74, 6) is -0.0308. The summed E-state index contributed by atoms with van der Waals surface area (Å²) in [4.78, 5) is 41.5. The molecule has 1 aromatic carbocycles. The van der Waals surface area contributed by atoms with Crippen molar-refractivity contribution in [3.05, 3.63) is 68.9 Å². The molecule has 1 atom stereocenters. The zero-order valence-electron chi connectivity index (χ0n) is 15.5. The van der Waals surface area contributed by atoms with Gasteiger partial charge in [-0.05, 0) is 24.5 Å². The number of pyridine rings is 1. The van der Waals surface area contributed by atoms with Gasteiger partial charge in [0.15, 0.2) is 5.43 Å². The third-order valence-corrected chi connectivity index (χ3v) is 5.14. The molecule has 0 radical (unpaired) electrons. The Balaban J connectivity index is 1.40. The summed E-state index contributed by atoms with van der Waals surface area (Å²) in [5.41, 5.74) is 1.38. The number of amides is 1. The number of benzene rings is 1. The molecule has 0 aliphatic carbocycles. The number of fused-ring (bicyclic) bond motifs is 1. The quantitative estimate of drug-likeness (QED) is 0.701. The number of carbonyl (C=O) groups is 1. The van der Waals surface area contributed by atoms with E-state index in [1.807, 2.05) is 6.07 Å². The Hall–Kier alpha value is -3.42. The normalized spacial score (nSPS) is 16.5. The average Bonchev–Trinajstić information content (AvgIpc) is 3.17. The SMILES string of the molecule is Cn1ncc(N2CC[C@H](CNC(=O)c3cc(=O)c4ccccc4[nH]3)C2)cc1=O. The summed E-state index contributed by atoms with van der Waals surface area (Å²) in [5, 5.41) is 7.53. The topological polar surface area (TPSA) is 100 Å². The van der Waals surface area contributed by atoms with Crippen LogP contribution in [0.5, 0.6) is 0 Å². The predicted octanol–water partition coefficient (Wildman–Crippen LogP) is 0.878. The third kappa shape index (κ3) is 3.53. The van der Waals surface area contributed by atoms with E-state index in [0.717, 1.165) is 25.2 Å². The highest BCUT2D eigenvalue weighted by Gasteiger charge is 2.24. The molecule has 1 fully saturated rings. The van der Waals surface area contributed by atoms with Gasteiger partial charge in [-0.15, -0.1) is 0 Å². The first kappa shape index (κ1) is 18.0. The molecule has 1 saturated heterocycles. The van der Waals surface area contributed by atoms with Crippen LogP contribution in [0.2, 0.25) is 0 Å². The van der Waals surface area contributed by atoms with Crippen molar-refractivity contribution in [3.8, 4) is 0 Å². The highest BCUT2D eigenvalue weighted by Crippen LogP contribution is 2.21. The van der Waals surface area contributed by atoms with Gasteiger partial charge in [0, 0.05) is 49.7 Å². The largest absolute Gasteiger partial charge is 0.370 e. The van der Waals surface area contributed by atoms with Crippen LogP contribution < -0.4 is 21.2 Å². The van der Waals surface area contributed by atoms with Crippen LogP contribution in [0.25, 0.3) is 10.9 Å². The van der Waals surface area contributed by atoms with E-state index < -0.39 is 0 Å². The first-order chi connectivity index (χ1) is 13.5. The maximum Gasteiger partial charge on any atom is 0.268 e. The Bertz CT molecular complexity index is 1150. The van der Waals surface area contributed by atoms with Crippen molar-refractivity contribution in [1.29, 1.82) is 0 Å². The van der Waals surface area contributed by atoms with Crippen molar-refractivity contribution in [2.45, 2.75) is 6.42 Å². The number of nitrogens with zero attached hydrogens (tertiary/aromatic N) is 3. The Kier molecular flexibility index (Phi) is 4.68. The van der Waals surface area contributed by atoms with E-state index in [4.69, 9.17) is 0 Å². The smallest absolute Gasteiger partial charge is 0.268 e. The number of carbonyl (C=O) groups excluding carboxylic acids is 1. The maximum atomic E-state index is 12.5. The van der Waals surface area contributed by atoms with Crippen LogP contribution in [0, 0.1) is 5.92 Å². The number of nitrogens with one attached hydrogen (secondary N) is 2. The summed E-state index contributed by atoms with van der Waals surface area (Å²) < 4.78 is 1.29. The number of hydrogen-bond donors (Lipinski definition) is 2. The minimum Gasteiger partial charge on any atom is -0.370 e. The molecule has 144 valence electrons. The Morgan fingerprint density at radius 2 is 2.11 bits per heavy atom. The molecule has 0 saturated carbocycles. The Labute approximate surface area is 160 Å². The van der Waals surface area contributed by atoms with Gasteiger partial charge in [0.25, 0.3) is 11.5 Å². The van der Waals surface area contributed by atoms with Crippen LogP contribution >= 0.6 is 0 Å². The molecule has 8 nitrogen and oxygen atoms in total. The standard InChI is InChI=1S/C20H21N5O3/c1-24-19(27)8-14(11-22-24)25-7-6-13(12-25)10-21-20(28)17-9-18(26)15-4-2-3-5-16(15)23-17/h2-5,8-9,11,13H,6-7,10,12H2,1H3,(H,21,28)(H,23,26)/t13-/m1/s1. The van der Waals surface area contributed by atoms with Crippen LogP contribution in [-0.2, 0) is 7.05 Å². The fraction of sp³-hybridized carbons (Fsp3) is 0.300. The molecule has 0 bridgehead atoms. The van der Waals surface area contributed by atoms with E-state index in [1.54, 1.807) is 37.5 Å². The summed E-state index contributed by atoms with van der Waals surface area (Å²) in [6.07, 6.45) is 2.59. The lowest BCUT2D eigenvalue weighted by atomic mass is 10.1. The lowest BCUT2D eigenvalue weighted by Gasteiger charge is -2.18. The highest BCUT2D eigenvalue weighted by atomic mass is 16.2. The molecule has 0 spiro atoms. The van der Waals surface area contributed by atoms with Crippen LogP contribution in [0.3, 0.4) is 0 Å². The Morgan fingerprint density at radius 1 is 1.29 bits per heavy atom. The second kappa shape index (κ2) is 7.30. The molecule has 8 heteroatoms. The first-order valence-corrected chi connectivity index (χ1v) is 9.20. The molecule has 0 unspecified atom stereocenters. The molecule has 1 aliphatic heterocycles. The van der Waals surface area contributed by atoms with Gasteiger partial charge >= 0.3 is 0 Å². The molecule has 4 rings (SSSR count). The van der Waals surface area contributed by atoms with E-state index in [0.29, 0.717) is 17.4 Å². The minimum absolute atomic E-state index is 0.144. The van der Waals surface area contributed by atoms with Gasteiger partial charge in [-0.25, -0.2) is 4.68 Å². The first-order valence-electron chi connectivity index (χ1n) is 9.20. The van der Waals surface area contributed by atoms with E-state index in [9.17, 15) is 14.4 Å². The number of para-hydroxylation sites is 1. The van der Waals surface area contributed by atoms with Crippen molar-refractivity contribution >= 4 is 22.5 Å². The zero-order chi connectivity index (χ0) is 19.7. The van der Waals surface area contributed by atoms with E-state index in [2.05, 4.69) is 20.3 Å². The molecule has 2 aromatic heterocycles. The zero-order valence-corrected chi connectivity index (χ0v) is 15.5. The fourth-order valence-electron chi connectivity index (χ4n) is 3.52. The van der Waals surface area contributed by atoms with Gasteiger partial charge in [-0.3, -0.25) is 14.4 Å². The third-order valence-electron chi connectivity index (χ3n) is 5.14. The van der Waals surface area contributed by atoms with Gasteiger partial charge in [0.2, 0.25) is 0 Å². The monoisotopic (exact) mass is 379 g/mol. The molecular formula is C20H21N5O3. The van der Waals surface area contributed by atoms with Gasteiger partial charge in [-0.2, -0.15) is 5.10 Å². The number of anilines is 1. The predicted molar refractivity (Wildman–Crippen MR) is 107 cm³/mol. The van der Waals surface area contributed by atoms with Crippen LogP contribution in [-0.4, -0.2) is 40.3 Å². The Morgan fingerprint density at radius 3 is 2.93 bits per heavy atom. The van der Waals surface area contributed by atoms with Crippen LogP contribution in [0.15, 0.2) is 52.2 Å². The summed E-state index contributed by atoms with van der Waals surface area (Å²) in [7, 11) is 1.62. The molecule has 28 heavy (non-hydrogen) atoms. The molecular weight excluding hydrogens is 358 g/mol. The minimum atomic E-state index is -0.295. The highest BCUT2D eigenvalue weighted by molar-refractivity contribution is 5.94. The maximum absolute atomic E-state index is 12.5. The van der Waals surface area contributed by atoms with Gasteiger partial charge in [-0.1, -0.05) is 12.1 Å². The van der Waals surface area contributed by atoms with E-state index in [-0.39, 0.29) is 28.5 Å². The van der Waals surface area contributed by atoms with Gasteiger partial charge in [0.05, 0.1) is 11.9 Å².